The lowest BCUT2D eigenvalue weighted by molar-refractivity contribution is 0.102. The van der Waals surface area contributed by atoms with Crippen molar-refractivity contribution in [1.29, 1.82) is 5.26 Å². The summed E-state index contributed by atoms with van der Waals surface area (Å²) in [6.07, 6.45) is 3.85. The number of hydrogen-bond acceptors (Lipinski definition) is 6. The van der Waals surface area contributed by atoms with Crippen LogP contribution < -0.4 is 14.8 Å². The fraction of sp³-hybridized carbons (Fsp3) is 0.455. The molecule has 1 aromatic carbocycles. The van der Waals surface area contributed by atoms with Gasteiger partial charge in [0, 0.05) is 16.5 Å². The Bertz CT molecular complexity index is 1130. The van der Waals surface area contributed by atoms with Crippen LogP contribution in [0.15, 0.2) is 23.1 Å². The average Bonchev–Trinajstić information content (AvgIpc) is 3.01. The molecular weight excluding hydrogens is 434 g/mol. The van der Waals surface area contributed by atoms with Gasteiger partial charge in [-0.3, -0.25) is 4.79 Å². The highest BCUT2D eigenvalue weighted by atomic mass is 32.2. The third-order valence-corrected chi connectivity index (χ3v) is 8.49. The zero-order valence-corrected chi connectivity index (χ0v) is 19.7. The van der Waals surface area contributed by atoms with Gasteiger partial charge in [0.15, 0.2) is 0 Å². The van der Waals surface area contributed by atoms with Crippen molar-refractivity contribution in [3.05, 3.63) is 39.8 Å². The lowest BCUT2D eigenvalue weighted by Gasteiger charge is -2.29. The summed E-state index contributed by atoms with van der Waals surface area (Å²) in [5.74, 6) is -0.0633. The van der Waals surface area contributed by atoms with Crippen LogP contribution in [0, 0.1) is 31.1 Å². The number of anilines is 1. The van der Waals surface area contributed by atoms with Crippen molar-refractivity contribution >= 4 is 32.3 Å². The SMILES string of the molecule is COc1ccc(C(=O)Nc2sc(C)c(C)c2C#N)cc1S(=O)(=O)N[C@H]1CCCC[C@@H]1C. The summed E-state index contributed by atoms with van der Waals surface area (Å²) >= 11 is 1.32. The van der Waals surface area contributed by atoms with E-state index in [4.69, 9.17) is 4.74 Å². The van der Waals surface area contributed by atoms with E-state index >= 15 is 0 Å². The fourth-order valence-electron chi connectivity index (χ4n) is 3.81. The van der Waals surface area contributed by atoms with Crippen molar-refractivity contribution < 1.29 is 17.9 Å². The Kier molecular flexibility index (Phi) is 7.04. The number of nitrogens with zero attached hydrogens (tertiary/aromatic N) is 1. The first-order valence-corrected chi connectivity index (χ1v) is 12.5. The topological polar surface area (TPSA) is 108 Å². The molecule has 1 saturated carbocycles. The van der Waals surface area contributed by atoms with E-state index in [0.717, 1.165) is 36.1 Å². The highest BCUT2D eigenvalue weighted by Crippen LogP contribution is 2.33. The first-order chi connectivity index (χ1) is 14.7. The first kappa shape index (κ1) is 23.3. The minimum absolute atomic E-state index is 0.0699. The molecule has 2 aromatic rings. The van der Waals surface area contributed by atoms with Crippen molar-refractivity contribution in [3.8, 4) is 11.8 Å². The van der Waals surface area contributed by atoms with Crippen molar-refractivity contribution in [2.75, 3.05) is 12.4 Å². The summed E-state index contributed by atoms with van der Waals surface area (Å²) in [5, 5.41) is 12.6. The lowest BCUT2D eigenvalue weighted by atomic mass is 9.87. The van der Waals surface area contributed by atoms with E-state index in [9.17, 15) is 18.5 Å². The number of nitrogens with one attached hydrogen (secondary N) is 2. The number of hydrogen-bond donors (Lipinski definition) is 2. The van der Waals surface area contributed by atoms with E-state index in [-0.39, 0.29) is 28.2 Å². The van der Waals surface area contributed by atoms with Crippen LogP contribution >= 0.6 is 11.3 Å². The summed E-state index contributed by atoms with van der Waals surface area (Å²) < 4.78 is 34.4. The maximum atomic E-state index is 13.1. The number of rotatable bonds is 6. The van der Waals surface area contributed by atoms with Gasteiger partial charge < -0.3 is 10.1 Å². The number of aryl methyl sites for hydroxylation is 1. The molecule has 0 aliphatic heterocycles. The van der Waals surface area contributed by atoms with Gasteiger partial charge in [-0.05, 0) is 56.4 Å². The van der Waals surface area contributed by atoms with Gasteiger partial charge in [-0.15, -0.1) is 11.3 Å². The zero-order chi connectivity index (χ0) is 22.8. The summed E-state index contributed by atoms with van der Waals surface area (Å²) in [6.45, 7) is 5.76. The minimum atomic E-state index is -3.88. The molecule has 0 radical (unpaired) electrons. The maximum Gasteiger partial charge on any atom is 0.256 e. The molecule has 0 bridgehead atoms. The van der Waals surface area contributed by atoms with Crippen molar-refractivity contribution in [3.63, 3.8) is 0 Å². The number of nitriles is 1. The molecule has 1 aliphatic rings. The first-order valence-electron chi connectivity index (χ1n) is 10.2. The van der Waals surface area contributed by atoms with Crippen LogP contribution in [0.1, 0.15) is 59.0 Å². The molecule has 1 heterocycles. The monoisotopic (exact) mass is 461 g/mol. The molecule has 0 saturated heterocycles. The van der Waals surface area contributed by atoms with Gasteiger partial charge in [0.05, 0.1) is 12.7 Å². The van der Waals surface area contributed by atoms with Crippen LogP contribution in [-0.4, -0.2) is 27.5 Å². The van der Waals surface area contributed by atoms with Gasteiger partial charge in [0.25, 0.3) is 5.91 Å². The van der Waals surface area contributed by atoms with E-state index < -0.39 is 15.9 Å². The number of methoxy groups -OCH3 is 1. The standard InChI is InChI=1S/C22H27N3O4S2/c1-13-7-5-6-8-18(13)25-31(27,28)20-11-16(9-10-19(20)29-4)21(26)24-22-17(12-23)14(2)15(3)30-22/h9-11,13,18,25H,5-8H2,1-4H3,(H,24,26)/t13-,18-/m0/s1. The highest BCUT2D eigenvalue weighted by Gasteiger charge is 2.29. The summed E-state index contributed by atoms with van der Waals surface area (Å²) in [7, 11) is -2.49. The number of amides is 1. The van der Waals surface area contributed by atoms with E-state index in [2.05, 4.69) is 16.1 Å². The molecule has 2 N–H and O–H groups in total. The van der Waals surface area contributed by atoms with Crippen molar-refractivity contribution in [2.45, 2.75) is 57.4 Å². The molecule has 31 heavy (non-hydrogen) atoms. The van der Waals surface area contributed by atoms with Gasteiger partial charge >= 0.3 is 0 Å². The molecule has 1 aliphatic carbocycles. The Morgan fingerprint density at radius 1 is 1.26 bits per heavy atom. The zero-order valence-electron chi connectivity index (χ0n) is 18.1. The molecule has 3 rings (SSSR count). The molecule has 2 atom stereocenters. The minimum Gasteiger partial charge on any atom is -0.495 e. The van der Waals surface area contributed by atoms with Crippen LogP contribution in [0.5, 0.6) is 5.75 Å². The molecule has 9 heteroatoms. The van der Waals surface area contributed by atoms with Crippen LogP contribution in [0.3, 0.4) is 0 Å². The molecule has 1 fully saturated rings. The molecule has 0 unspecified atom stereocenters. The average molecular weight is 462 g/mol. The van der Waals surface area contributed by atoms with Gasteiger partial charge in [-0.1, -0.05) is 19.8 Å². The van der Waals surface area contributed by atoms with Gasteiger partial charge in [-0.25, -0.2) is 13.1 Å². The summed E-state index contributed by atoms with van der Waals surface area (Å²) in [5.41, 5.74) is 1.42. The normalized spacial score (nSPS) is 18.9. The quantitative estimate of drug-likeness (QED) is 0.665. The number of thiophene rings is 1. The van der Waals surface area contributed by atoms with E-state index in [1.54, 1.807) is 0 Å². The van der Waals surface area contributed by atoms with Gasteiger partial charge in [0.1, 0.15) is 21.7 Å². The van der Waals surface area contributed by atoms with Crippen LogP contribution in [0.25, 0.3) is 0 Å². The second-order valence-corrected chi connectivity index (χ2v) is 10.8. The van der Waals surface area contributed by atoms with E-state index in [1.165, 1.54) is 36.6 Å². The molecule has 1 aromatic heterocycles. The Morgan fingerprint density at radius 3 is 2.61 bits per heavy atom. The van der Waals surface area contributed by atoms with Crippen LogP contribution in [0.4, 0.5) is 5.00 Å². The summed E-state index contributed by atoms with van der Waals surface area (Å²) in [4.78, 5) is 13.7. The number of benzene rings is 1. The second-order valence-electron chi connectivity index (χ2n) is 7.91. The molecule has 0 spiro atoms. The molecular formula is C22H27N3O4S2. The largest absolute Gasteiger partial charge is 0.495 e. The van der Waals surface area contributed by atoms with Gasteiger partial charge in [-0.2, -0.15) is 5.26 Å². The fourth-order valence-corrected chi connectivity index (χ4v) is 6.39. The van der Waals surface area contributed by atoms with Crippen LogP contribution in [-0.2, 0) is 10.0 Å². The number of carbonyl (C=O) groups excluding carboxylic acids is 1. The Balaban J connectivity index is 1.90. The number of sulfonamides is 1. The third-order valence-electron chi connectivity index (χ3n) is 5.86. The van der Waals surface area contributed by atoms with Gasteiger partial charge in [0.2, 0.25) is 10.0 Å². The van der Waals surface area contributed by atoms with E-state index in [0.29, 0.717) is 10.6 Å². The predicted molar refractivity (Wildman–Crippen MR) is 121 cm³/mol. The van der Waals surface area contributed by atoms with Crippen molar-refractivity contribution in [1.82, 2.24) is 4.72 Å². The maximum absolute atomic E-state index is 13.1. The lowest BCUT2D eigenvalue weighted by Crippen LogP contribution is -2.41. The summed E-state index contributed by atoms with van der Waals surface area (Å²) in [6, 6.07) is 6.28. The molecule has 7 nitrogen and oxygen atoms in total. The van der Waals surface area contributed by atoms with Crippen LogP contribution in [0.2, 0.25) is 0 Å². The third kappa shape index (κ3) is 4.92. The Labute approximate surface area is 187 Å². The van der Waals surface area contributed by atoms with E-state index in [1.807, 2.05) is 20.8 Å². The smallest absolute Gasteiger partial charge is 0.256 e. The highest BCUT2D eigenvalue weighted by molar-refractivity contribution is 7.89. The molecule has 166 valence electrons. The predicted octanol–water partition coefficient (Wildman–Crippen LogP) is 4.35. The molecule has 1 amide bonds. The number of ether oxygens (including phenoxy) is 1. The number of carbonyl (C=O) groups is 1. The second kappa shape index (κ2) is 9.39. The van der Waals surface area contributed by atoms with Crippen molar-refractivity contribution in [2.24, 2.45) is 5.92 Å². The Morgan fingerprint density at radius 2 is 1.97 bits per heavy atom. The Hall–Kier alpha value is -2.41.